The molecule has 4 aliphatic rings. The van der Waals surface area contributed by atoms with Crippen LogP contribution in [0.15, 0.2) is 12.5 Å². The second kappa shape index (κ2) is 9.32. The van der Waals surface area contributed by atoms with Gasteiger partial charge in [-0.15, -0.1) is 0 Å². The molecule has 4 aliphatic carbocycles. The van der Waals surface area contributed by atoms with E-state index in [4.69, 9.17) is 0 Å². The van der Waals surface area contributed by atoms with Gasteiger partial charge >= 0.3 is 6.03 Å². The summed E-state index contributed by atoms with van der Waals surface area (Å²) < 4.78 is 0. The maximum Gasteiger partial charge on any atom is 0.315 e. The fraction of sp³-hybridized carbons (Fsp3) is 0.826. The number of hydrogen-bond donors (Lipinski definition) is 3. The zero-order valence-corrected chi connectivity index (χ0v) is 17.3. The molecule has 1 aromatic heterocycles. The Labute approximate surface area is 169 Å². The van der Waals surface area contributed by atoms with Gasteiger partial charge < -0.3 is 15.6 Å². The molecule has 5 nitrogen and oxygen atoms in total. The van der Waals surface area contributed by atoms with E-state index in [2.05, 4.69) is 20.6 Å². The summed E-state index contributed by atoms with van der Waals surface area (Å²) in [7, 11) is 0. The number of nitrogens with one attached hydrogen (secondary N) is 3. The molecule has 0 spiro atoms. The number of aromatic nitrogens is 2. The topological polar surface area (TPSA) is 69.8 Å². The molecule has 5 rings (SSSR count). The summed E-state index contributed by atoms with van der Waals surface area (Å²) in [4.78, 5) is 19.6. The molecule has 2 amide bonds. The number of amides is 2. The number of carbonyl (C=O) groups excluding carboxylic acids is 1. The average Bonchev–Trinajstić information content (AvgIpc) is 3.15. The van der Waals surface area contributed by atoms with Gasteiger partial charge in [0.25, 0.3) is 0 Å². The molecule has 1 aromatic rings. The molecule has 0 radical (unpaired) electrons. The predicted molar refractivity (Wildman–Crippen MR) is 112 cm³/mol. The summed E-state index contributed by atoms with van der Waals surface area (Å²) in [5, 5.41) is 6.53. The number of imidazole rings is 1. The van der Waals surface area contributed by atoms with Gasteiger partial charge in [0.05, 0.1) is 6.33 Å². The summed E-state index contributed by atoms with van der Waals surface area (Å²) in [5.41, 5.74) is 1.38. The van der Waals surface area contributed by atoms with Crippen LogP contribution in [-0.4, -0.2) is 28.1 Å². The van der Waals surface area contributed by atoms with Crippen LogP contribution in [0.3, 0.4) is 0 Å². The molecule has 156 valence electrons. The molecule has 0 saturated heterocycles. The largest absolute Gasteiger partial charge is 0.348 e. The molecule has 1 heterocycles. The number of H-pyrrole nitrogens is 1. The van der Waals surface area contributed by atoms with Crippen molar-refractivity contribution in [2.24, 2.45) is 17.8 Å². The smallest absolute Gasteiger partial charge is 0.315 e. The van der Waals surface area contributed by atoms with E-state index in [0.717, 1.165) is 37.1 Å². The normalized spacial score (nSPS) is 30.5. The number of carbonyl (C=O) groups is 1. The van der Waals surface area contributed by atoms with Crippen LogP contribution >= 0.6 is 0 Å². The summed E-state index contributed by atoms with van der Waals surface area (Å²) in [5.74, 6) is 2.64. The Hall–Kier alpha value is -1.52. The molecule has 28 heavy (non-hydrogen) atoms. The molecule has 4 fully saturated rings. The zero-order chi connectivity index (χ0) is 19.2. The van der Waals surface area contributed by atoms with E-state index in [0.29, 0.717) is 0 Å². The summed E-state index contributed by atoms with van der Waals surface area (Å²) in [6.07, 6.45) is 21.5. The predicted octanol–water partition coefficient (Wildman–Crippen LogP) is 4.95. The lowest BCUT2D eigenvalue weighted by Gasteiger charge is -2.56. The van der Waals surface area contributed by atoms with Crippen molar-refractivity contribution in [1.29, 1.82) is 0 Å². The molecule has 0 aliphatic heterocycles. The van der Waals surface area contributed by atoms with Crippen molar-refractivity contribution < 1.29 is 4.79 Å². The number of rotatable bonds is 11. The molecular formula is C23H38N4O. The first-order valence-electron chi connectivity index (χ1n) is 11.7. The third-order valence-corrected chi connectivity index (χ3v) is 7.38. The number of urea groups is 1. The van der Waals surface area contributed by atoms with Gasteiger partial charge in [-0.25, -0.2) is 9.78 Å². The van der Waals surface area contributed by atoms with Gasteiger partial charge in [-0.1, -0.05) is 32.1 Å². The van der Waals surface area contributed by atoms with Crippen molar-refractivity contribution in [2.75, 3.05) is 6.54 Å². The number of nitrogens with zero attached hydrogens (tertiary/aromatic N) is 1. The fourth-order valence-electron chi connectivity index (χ4n) is 6.50. The van der Waals surface area contributed by atoms with Crippen LogP contribution in [0.4, 0.5) is 4.79 Å². The van der Waals surface area contributed by atoms with Crippen LogP contribution in [0.5, 0.6) is 0 Å². The second-order valence-corrected chi connectivity index (χ2v) is 9.88. The summed E-state index contributed by atoms with van der Waals surface area (Å²) in [6.45, 7) is 0.817. The van der Waals surface area contributed by atoms with Gasteiger partial charge in [-0.2, -0.15) is 0 Å². The molecular weight excluding hydrogens is 348 g/mol. The SMILES string of the molecule is O=C(NCCCCCCCCCc1cnc[nH]1)NC12CC3CC(CC(C3)C1)C2. The third-order valence-electron chi connectivity index (χ3n) is 7.38. The lowest BCUT2D eigenvalue weighted by atomic mass is 9.53. The summed E-state index contributed by atoms with van der Waals surface area (Å²) >= 11 is 0. The van der Waals surface area contributed by atoms with Crippen LogP contribution in [0.2, 0.25) is 0 Å². The van der Waals surface area contributed by atoms with Crippen molar-refractivity contribution in [3.8, 4) is 0 Å². The Morgan fingerprint density at radius 3 is 2.18 bits per heavy atom. The molecule has 5 heteroatoms. The minimum Gasteiger partial charge on any atom is -0.348 e. The van der Waals surface area contributed by atoms with Crippen molar-refractivity contribution in [3.63, 3.8) is 0 Å². The van der Waals surface area contributed by atoms with Crippen molar-refractivity contribution >= 4 is 6.03 Å². The third kappa shape index (κ3) is 5.30. The highest BCUT2D eigenvalue weighted by molar-refractivity contribution is 5.74. The standard InChI is InChI=1S/C23H38N4O/c28-22(27-23-13-18-10-19(14-23)12-20(11-18)15-23)25-9-7-5-3-1-2-4-6-8-21-16-24-17-26-21/h16-20H,1-15H2,(H,24,26)(H2,25,27,28). The Morgan fingerprint density at radius 2 is 1.57 bits per heavy atom. The first-order chi connectivity index (χ1) is 13.7. The van der Waals surface area contributed by atoms with E-state index in [9.17, 15) is 4.79 Å². The maximum absolute atomic E-state index is 12.4. The van der Waals surface area contributed by atoms with Gasteiger partial charge in [0.15, 0.2) is 0 Å². The monoisotopic (exact) mass is 386 g/mol. The molecule has 0 atom stereocenters. The highest BCUT2D eigenvalue weighted by Gasteiger charge is 2.51. The van der Waals surface area contributed by atoms with Crippen molar-refractivity contribution in [1.82, 2.24) is 20.6 Å². The van der Waals surface area contributed by atoms with Crippen LogP contribution in [0.25, 0.3) is 0 Å². The van der Waals surface area contributed by atoms with Crippen LogP contribution in [0.1, 0.15) is 89.2 Å². The highest BCUT2D eigenvalue weighted by Crippen LogP contribution is 2.55. The Kier molecular flexibility index (Phi) is 6.58. The molecule has 3 N–H and O–H groups in total. The van der Waals surface area contributed by atoms with Crippen LogP contribution in [0, 0.1) is 17.8 Å². The van der Waals surface area contributed by atoms with E-state index >= 15 is 0 Å². The average molecular weight is 387 g/mol. The Morgan fingerprint density at radius 1 is 0.964 bits per heavy atom. The van der Waals surface area contributed by atoms with E-state index in [-0.39, 0.29) is 11.6 Å². The lowest BCUT2D eigenvalue weighted by molar-refractivity contribution is -0.0135. The first kappa shape index (κ1) is 19.8. The zero-order valence-electron chi connectivity index (χ0n) is 17.3. The molecule has 0 unspecified atom stereocenters. The van der Waals surface area contributed by atoms with Gasteiger partial charge in [0.2, 0.25) is 0 Å². The minimum absolute atomic E-state index is 0.0840. The van der Waals surface area contributed by atoms with E-state index in [1.54, 1.807) is 6.33 Å². The fourth-order valence-corrected chi connectivity index (χ4v) is 6.50. The first-order valence-corrected chi connectivity index (χ1v) is 11.7. The van der Waals surface area contributed by atoms with Crippen molar-refractivity contribution in [2.45, 2.75) is 95.4 Å². The van der Waals surface area contributed by atoms with Gasteiger partial charge in [0, 0.05) is 24.0 Å². The lowest BCUT2D eigenvalue weighted by Crippen LogP contribution is -2.61. The van der Waals surface area contributed by atoms with Crippen molar-refractivity contribution in [3.05, 3.63) is 18.2 Å². The van der Waals surface area contributed by atoms with Crippen LogP contribution in [-0.2, 0) is 6.42 Å². The second-order valence-electron chi connectivity index (χ2n) is 9.88. The molecule has 4 saturated carbocycles. The molecule has 4 bridgehead atoms. The van der Waals surface area contributed by atoms with E-state index in [1.165, 1.54) is 82.7 Å². The van der Waals surface area contributed by atoms with E-state index in [1.807, 2.05) is 6.20 Å². The quantitative estimate of drug-likeness (QED) is 0.471. The van der Waals surface area contributed by atoms with E-state index < -0.39 is 0 Å². The van der Waals surface area contributed by atoms with Gasteiger partial charge in [-0.05, 0) is 75.5 Å². The molecule has 0 aromatic carbocycles. The Balaban J connectivity index is 1.00. The summed E-state index contributed by atoms with van der Waals surface area (Å²) in [6, 6.07) is 0.0840. The van der Waals surface area contributed by atoms with Gasteiger partial charge in [-0.3, -0.25) is 0 Å². The maximum atomic E-state index is 12.4. The van der Waals surface area contributed by atoms with Gasteiger partial charge in [0.1, 0.15) is 0 Å². The number of aryl methyl sites for hydroxylation is 1. The number of aromatic amines is 1. The highest BCUT2D eigenvalue weighted by atomic mass is 16.2. The number of hydrogen-bond acceptors (Lipinski definition) is 2. The van der Waals surface area contributed by atoms with Crippen LogP contribution < -0.4 is 10.6 Å². The Bertz CT molecular complexity index is 577. The number of unbranched alkanes of at least 4 members (excludes halogenated alkanes) is 6. The minimum atomic E-state index is 0.0840.